The van der Waals surface area contributed by atoms with Gasteiger partial charge in [-0.15, -0.1) is 0 Å². The van der Waals surface area contributed by atoms with Crippen LogP contribution in [0.3, 0.4) is 0 Å². The summed E-state index contributed by atoms with van der Waals surface area (Å²) < 4.78 is 2.21. The van der Waals surface area contributed by atoms with Crippen LogP contribution < -0.4 is 5.32 Å². The number of ketones is 1. The number of rotatable bonds is 5. The molecule has 30 heavy (non-hydrogen) atoms. The largest absolute Gasteiger partial charge is 0.373 e. The molecule has 1 aromatic heterocycles. The molecule has 5 saturated carbocycles. The maximum atomic E-state index is 12.3. The minimum Gasteiger partial charge on any atom is -0.373 e. The average Bonchev–Trinajstić information content (AvgIpc) is 3.34. The molecule has 5 fully saturated rings. The van der Waals surface area contributed by atoms with Crippen molar-refractivity contribution in [3.63, 3.8) is 0 Å². The van der Waals surface area contributed by atoms with E-state index in [-0.39, 0.29) is 11.8 Å². The highest BCUT2D eigenvalue weighted by atomic mass is 16.3. The number of nitrogens with zero attached hydrogens (tertiary/aromatic N) is 2. The highest BCUT2D eigenvalue weighted by molar-refractivity contribution is 5.83. The molecule has 5 heteroatoms. The first-order valence-electron chi connectivity index (χ1n) is 12.6. The number of Topliss-reactive ketones (excluding diaryl/α,β-unsaturated/α-hetero) is 1. The summed E-state index contributed by atoms with van der Waals surface area (Å²) in [5, 5.41) is 19.8. The summed E-state index contributed by atoms with van der Waals surface area (Å²) in [4.78, 5) is 12.3. The fraction of sp³-hybridized carbons (Fsp3) is 0.840. The zero-order valence-electron chi connectivity index (χ0n) is 18.4. The fourth-order valence-electron chi connectivity index (χ4n) is 8.27. The topological polar surface area (TPSA) is 67.2 Å². The highest BCUT2D eigenvalue weighted by Gasteiger charge is 2.57. The van der Waals surface area contributed by atoms with Gasteiger partial charge in [-0.3, -0.25) is 14.8 Å². The molecular weight excluding hydrogens is 374 g/mol. The number of hydrogen-bond acceptors (Lipinski definition) is 4. The molecule has 6 aliphatic carbocycles. The van der Waals surface area contributed by atoms with Gasteiger partial charge < -0.3 is 5.11 Å². The Morgan fingerprint density at radius 1 is 1.10 bits per heavy atom. The van der Waals surface area contributed by atoms with E-state index >= 15 is 0 Å². The zero-order chi connectivity index (χ0) is 20.5. The molecule has 0 amide bonds. The first-order valence-corrected chi connectivity index (χ1v) is 12.6. The number of fused-ring (bicyclic) bond motifs is 1. The summed E-state index contributed by atoms with van der Waals surface area (Å²) in [6, 6.07) is 0.733. The summed E-state index contributed by atoms with van der Waals surface area (Å²) in [6.45, 7) is 2.28. The molecular formula is C25H37N3O2. The molecule has 0 radical (unpaired) electrons. The smallest absolute Gasteiger partial charge is 0.150 e. The third kappa shape index (κ3) is 3.02. The Balaban J connectivity index is 1.26. The van der Waals surface area contributed by atoms with E-state index in [1.54, 1.807) is 0 Å². The number of aliphatic hydroxyl groups is 1. The molecule has 4 unspecified atom stereocenters. The molecule has 0 spiro atoms. The molecule has 5 nitrogen and oxygen atoms in total. The SMILES string of the molecule is CC(NC(O)c1nn(C2CCCCC2)c2c1CC(=O)CC2)C12CC3CC(C1)C(C3)C2. The number of nitrogens with one attached hydrogen (secondary N) is 1. The van der Waals surface area contributed by atoms with Gasteiger partial charge in [0.25, 0.3) is 0 Å². The van der Waals surface area contributed by atoms with Crippen LogP contribution in [0.25, 0.3) is 0 Å². The predicted octanol–water partition coefficient (Wildman–Crippen LogP) is 4.24. The standard InChI is InChI=1S/C25H37N3O2/c1-15(25-12-16-9-17(13-25)18(10-16)14-25)26-24(30)23-21-11-20(29)7-8-22(21)28(27-23)19-5-3-2-4-6-19/h15-19,24,26,30H,2-14H2,1H3. The van der Waals surface area contributed by atoms with Crippen LogP contribution in [0.5, 0.6) is 0 Å². The van der Waals surface area contributed by atoms with Crippen molar-refractivity contribution in [3.05, 3.63) is 17.0 Å². The minimum atomic E-state index is -0.767. The van der Waals surface area contributed by atoms with E-state index in [1.165, 1.54) is 69.9 Å². The van der Waals surface area contributed by atoms with Crippen LogP contribution in [0.1, 0.15) is 107 Å². The molecule has 4 bridgehead atoms. The quantitative estimate of drug-likeness (QED) is 0.711. The predicted molar refractivity (Wildman–Crippen MR) is 115 cm³/mol. The molecule has 0 aromatic carbocycles. The van der Waals surface area contributed by atoms with Crippen LogP contribution in [-0.4, -0.2) is 26.7 Å². The second-order valence-electron chi connectivity index (χ2n) is 11.4. The number of carbonyl (C=O) groups is 1. The van der Waals surface area contributed by atoms with Gasteiger partial charge in [-0.1, -0.05) is 19.3 Å². The van der Waals surface area contributed by atoms with Gasteiger partial charge in [0, 0.05) is 30.1 Å². The Hall–Kier alpha value is -1.20. The second kappa shape index (κ2) is 7.16. The lowest BCUT2D eigenvalue weighted by atomic mass is 9.65. The molecule has 1 heterocycles. The van der Waals surface area contributed by atoms with E-state index in [2.05, 4.69) is 16.9 Å². The molecule has 1 aromatic rings. The first kappa shape index (κ1) is 19.5. The lowest BCUT2D eigenvalue weighted by Gasteiger charge is -2.44. The van der Waals surface area contributed by atoms with E-state index in [4.69, 9.17) is 5.10 Å². The zero-order valence-corrected chi connectivity index (χ0v) is 18.4. The summed E-state index contributed by atoms with van der Waals surface area (Å²) in [6.07, 6.45) is 14.2. The van der Waals surface area contributed by atoms with Gasteiger partial charge in [0.1, 0.15) is 11.5 Å². The Bertz CT molecular complexity index is 820. The van der Waals surface area contributed by atoms with Crippen molar-refractivity contribution in [2.24, 2.45) is 23.2 Å². The molecule has 0 saturated heterocycles. The van der Waals surface area contributed by atoms with Crippen molar-refractivity contribution in [1.29, 1.82) is 0 Å². The van der Waals surface area contributed by atoms with Crippen molar-refractivity contribution in [2.45, 2.75) is 109 Å². The Morgan fingerprint density at radius 3 is 2.53 bits per heavy atom. The second-order valence-corrected chi connectivity index (χ2v) is 11.4. The van der Waals surface area contributed by atoms with Crippen LogP contribution >= 0.6 is 0 Å². The van der Waals surface area contributed by atoms with Gasteiger partial charge in [0.15, 0.2) is 6.23 Å². The lowest BCUT2D eigenvalue weighted by molar-refractivity contribution is -0.118. The number of carbonyl (C=O) groups excluding carboxylic acids is 1. The van der Waals surface area contributed by atoms with Gasteiger partial charge in [-0.25, -0.2) is 0 Å². The van der Waals surface area contributed by atoms with Gasteiger partial charge in [0.2, 0.25) is 0 Å². The van der Waals surface area contributed by atoms with Crippen LogP contribution in [0, 0.1) is 23.2 Å². The molecule has 2 N–H and O–H groups in total. The Labute approximate surface area is 180 Å². The molecule has 6 aliphatic rings. The van der Waals surface area contributed by atoms with E-state index in [9.17, 15) is 9.90 Å². The van der Waals surface area contributed by atoms with Gasteiger partial charge >= 0.3 is 0 Å². The summed E-state index contributed by atoms with van der Waals surface area (Å²) in [5.41, 5.74) is 3.35. The van der Waals surface area contributed by atoms with Crippen LogP contribution in [0.15, 0.2) is 0 Å². The van der Waals surface area contributed by atoms with Gasteiger partial charge in [-0.2, -0.15) is 5.10 Å². The third-order valence-corrected chi connectivity index (χ3v) is 9.64. The first-order chi connectivity index (χ1) is 14.5. The molecule has 4 atom stereocenters. The molecule has 164 valence electrons. The van der Waals surface area contributed by atoms with Crippen molar-refractivity contribution in [2.75, 3.05) is 0 Å². The summed E-state index contributed by atoms with van der Waals surface area (Å²) in [5.74, 6) is 3.07. The minimum absolute atomic E-state index is 0.289. The average molecular weight is 412 g/mol. The van der Waals surface area contributed by atoms with E-state index < -0.39 is 6.23 Å². The molecule has 7 rings (SSSR count). The third-order valence-electron chi connectivity index (χ3n) is 9.64. The van der Waals surface area contributed by atoms with Gasteiger partial charge in [0.05, 0.1) is 6.04 Å². The van der Waals surface area contributed by atoms with Crippen LogP contribution in [0.4, 0.5) is 0 Å². The van der Waals surface area contributed by atoms with Crippen molar-refractivity contribution in [1.82, 2.24) is 15.1 Å². The Kier molecular flexibility index (Phi) is 4.65. The van der Waals surface area contributed by atoms with Crippen molar-refractivity contribution >= 4 is 5.78 Å². The van der Waals surface area contributed by atoms with Crippen LogP contribution in [-0.2, 0) is 17.6 Å². The monoisotopic (exact) mass is 411 g/mol. The fourth-order valence-corrected chi connectivity index (χ4v) is 8.27. The van der Waals surface area contributed by atoms with Crippen LogP contribution in [0.2, 0.25) is 0 Å². The van der Waals surface area contributed by atoms with E-state index in [0.717, 1.165) is 35.4 Å². The maximum Gasteiger partial charge on any atom is 0.150 e. The van der Waals surface area contributed by atoms with Crippen molar-refractivity contribution in [3.8, 4) is 0 Å². The van der Waals surface area contributed by atoms with E-state index in [1.807, 2.05) is 0 Å². The van der Waals surface area contributed by atoms with Crippen molar-refractivity contribution < 1.29 is 9.90 Å². The maximum absolute atomic E-state index is 12.3. The summed E-state index contributed by atoms with van der Waals surface area (Å²) >= 11 is 0. The number of aliphatic hydroxyl groups excluding tert-OH is 1. The number of aromatic nitrogens is 2. The normalized spacial score (nSPS) is 37.5. The Morgan fingerprint density at radius 2 is 1.83 bits per heavy atom. The number of hydrogen-bond donors (Lipinski definition) is 2. The van der Waals surface area contributed by atoms with E-state index in [0.29, 0.717) is 24.3 Å². The lowest BCUT2D eigenvalue weighted by Crippen LogP contribution is -2.47. The molecule has 0 aliphatic heterocycles. The highest BCUT2D eigenvalue weighted by Crippen LogP contribution is 2.65. The van der Waals surface area contributed by atoms with Gasteiger partial charge in [-0.05, 0) is 81.5 Å². The summed E-state index contributed by atoms with van der Waals surface area (Å²) in [7, 11) is 0.